The second-order valence-electron chi connectivity index (χ2n) is 6.64. The monoisotopic (exact) mass is 436 g/mol. The van der Waals surface area contributed by atoms with Gasteiger partial charge in [0.2, 0.25) is 11.6 Å². The summed E-state index contributed by atoms with van der Waals surface area (Å²) in [4.78, 5) is 23.9. The predicted molar refractivity (Wildman–Crippen MR) is 122 cm³/mol. The number of anilines is 4. The van der Waals surface area contributed by atoms with Crippen molar-refractivity contribution >= 4 is 49.7 Å². The summed E-state index contributed by atoms with van der Waals surface area (Å²) in [6.07, 6.45) is 3.31. The molecule has 0 spiro atoms. The van der Waals surface area contributed by atoms with E-state index < -0.39 is 4.92 Å². The molecule has 0 saturated heterocycles. The summed E-state index contributed by atoms with van der Waals surface area (Å²) in [7, 11) is 0. The van der Waals surface area contributed by atoms with Gasteiger partial charge in [-0.2, -0.15) is 0 Å². The average molecular weight is 436 g/mol. The number of nitro groups is 1. The Morgan fingerprint density at radius 1 is 1.06 bits per heavy atom. The SMILES string of the molecule is CCCCOc1ccc(Nc2ncnc(Nc3nc4ccccc4s3)c2[N+](=O)[O-])cc1. The van der Waals surface area contributed by atoms with Crippen molar-refractivity contribution < 1.29 is 9.66 Å². The van der Waals surface area contributed by atoms with Crippen molar-refractivity contribution in [1.82, 2.24) is 15.0 Å². The molecule has 0 amide bonds. The number of nitrogens with one attached hydrogen (secondary N) is 2. The van der Waals surface area contributed by atoms with Crippen LogP contribution in [0.5, 0.6) is 5.75 Å². The molecule has 0 fully saturated rings. The highest BCUT2D eigenvalue weighted by Gasteiger charge is 2.24. The van der Waals surface area contributed by atoms with Crippen LogP contribution in [0.15, 0.2) is 54.9 Å². The molecule has 4 rings (SSSR count). The van der Waals surface area contributed by atoms with Gasteiger partial charge in [0, 0.05) is 5.69 Å². The maximum atomic E-state index is 11.8. The average Bonchev–Trinajstić information content (AvgIpc) is 3.17. The van der Waals surface area contributed by atoms with Crippen molar-refractivity contribution in [2.45, 2.75) is 19.8 Å². The Bertz CT molecular complexity index is 1160. The molecule has 2 aromatic heterocycles. The van der Waals surface area contributed by atoms with Gasteiger partial charge in [0.25, 0.3) is 0 Å². The van der Waals surface area contributed by atoms with E-state index in [1.54, 1.807) is 12.1 Å². The number of hydrogen-bond acceptors (Lipinski definition) is 9. The molecule has 0 aliphatic rings. The van der Waals surface area contributed by atoms with Crippen molar-refractivity contribution in [1.29, 1.82) is 0 Å². The molecule has 0 unspecified atom stereocenters. The smallest absolute Gasteiger partial charge is 0.353 e. The fourth-order valence-corrected chi connectivity index (χ4v) is 3.73. The van der Waals surface area contributed by atoms with Crippen LogP contribution in [0.4, 0.5) is 28.1 Å². The van der Waals surface area contributed by atoms with Crippen LogP contribution in [-0.2, 0) is 0 Å². The Morgan fingerprint density at radius 2 is 1.81 bits per heavy atom. The quantitative estimate of drug-likeness (QED) is 0.196. The zero-order valence-electron chi connectivity index (χ0n) is 16.7. The summed E-state index contributed by atoms with van der Waals surface area (Å²) in [6, 6.07) is 14.8. The maximum Gasteiger partial charge on any atom is 0.353 e. The highest BCUT2D eigenvalue weighted by Crippen LogP contribution is 2.35. The third-order valence-corrected chi connectivity index (χ3v) is 5.36. The molecule has 4 aromatic rings. The second-order valence-corrected chi connectivity index (χ2v) is 7.67. The number of hydrogen-bond donors (Lipinski definition) is 2. The molecule has 2 aromatic carbocycles. The van der Waals surface area contributed by atoms with Gasteiger partial charge in [-0.25, -0.2) is 15.0 Å². The van der Waals surface area contributed by atoms with E-state index in [1.165, 1.54) is 17.7 Å². The summed E-state index contributed by atoms with van der Waals surface area (Å²) in [6.45, 7) is 2.76. The largest absolute Gasteiger partial charge is 0.494 e. The number of aromatic nitrogens is 3. The van der Waals surface area contributed by atoms with Gasteiger partial charge >= 0.3 is 5.69 Å². The zero-order valence-corrected chi connectivity index (χ0v) is 17.6. The number of thiazole rings is 1. The zero-order chi connectivity index (χ0) is 21.6. The first-order chi connectivity index (χ1) is 15.1. The highest BCUT2D eigenvalue weighted by molar-refractivity contribution is 7.22. The van der Waals surface area contributed by atoms with Crippen LogP contribution in [0.1, 0.15) is 19.8 Å². The lowest BCUT2D eigenvalue weighted by Crippen LogP contribution is -2.05. The standard InChI is InChI=1S/C21H20N6O3S/c1-2-3-12-30-15-10-8-14(9-11-15)24-19-18(27(28)29)20(23-13-22-19)26-21-25-16-6-4-5-7-17(16)31-21/h4-11,13H,2-3,12H2,1H3,(H2,22,23,24,25,26). The van der Waals surface area contributed by atoms with Crippen LogP contribution in [0.25, 0.3) is 10.2 Å². The molecule has 9 nitrogen and oxygen atoms in total. The maximum absolute atomic E-state index is 11.8. The van der Waals surface area contributed by atoms with Crippen molar-refractivity contribution in [2.75, 3.05) is 17.2 Å². The molecular weight excluding hydrogens is 416 g/mol. The second kappa shape index (κ2) is 9.35. The molecule has 2 N–H and O–H groups in total. The van der Waals surface area contributed by atoms with Crippen molar-refractivity contribution in [3.8, 4) is 5.75 Å². The molecule has 158 valence electrons. The molecule has 0 radical (unpaired) electrons. The van der Waals surface area contributed by atoms with Crippen molar-refractivity contribution in [3.05, 3.63) is 65.0 Å². The van der Waals surface area contributed by atoms with E-state index in [4.69, 9.17) is 4.74 Å². The van der Waals surface area contributed by atoms with Gasteiger partial charge in [-0.05, 0) is 42.8 Å². The normalized spacial score (nSPS) is 10.7. The molecule has 0 bridgehead atoms. The topological polar surface area (TPSA) is 115 Å². The Kier molecular flexibility index (Phi) is 6.18. The van der Waals surface area contributed by atoms with E-state index in [-0.39, 0.29) is 17.3 Å². The number of benzene rings is 2. The minimum atomic E-state index is -0.514. The molecular formula is C21H20N6O3S. The van der Waals surface area contributed by atoms with Crippen molar-refractivity contribution in [3.63, 3.8) is 0 Å². The predicted octanol–water partition coefficient (Wildman–Crippen LogP) is 5.66. The fraction of sp³-hybridized carbons (Fsp3) is 0.190. The van der Waals surface area contributed by atoms with Crippen LogP contribution in [0, 0.1) is 10.1 Å². The lowest BCUT2D eigenvalue weighted by molar-refractivity contribution is -0.383. The Labute approximate surface area is 182 Å². The molecule has 0 saturated carbocycles. The van der Waals surface area contributed by atoms with Gasteiger partial charge in [-0.15, -0.1) is 0 Å². The Hall–Kier alpha value is -3.79. The van der Waals surface area contributed by atoms with Crippen LogP contribution in [0.2, 0.25) is 0 Å². The number of nitrogens with zero attached hydrogens (tertiary/aromatic N) is 4. The molecule has 10 heteroatoms. The molecule has 0 aliphatic heterocycles. The fourth-order valence-electron chi connectivity index (χ4n) is 2.87. The molecule has 2 heterocycles. The van der Waals surface area contributed by atoms with Crippen LogP contribution in [0.3, 0.4) is 0 Å². The molecule has 0 atom stereocenters. The number of fused-ring (bicyclic) bond motifs is 1. The van der Waals surface area contributed by atoms with E-state index in [1.807, 2.05) is 36.4 Å². The summed E-state index contributed by atoms with van der Waals surface area (Å²) < 4.78 is 6.62. The molecule has 31 heavy (non-hydrogen) atoms. The van der Waals surface area contributed by atoms with Crippen LogP contribution in [-0.4, -0.2) is 26.5 Å². The first-order valence-electron chi connectivity index (χ1n) is 9.76. The summed E-state index contributed by atoms with van der Waals surface area (Å²) in [5.74, 6) is 0.902. The third-order valence-electron chi connectivity index (χ3n) is 4.41. The van der Waals surface area contributed by atoms with Gasteiger partial charge in [0.1, 0.15) is 12.1 Å². The minimum Gasteiger partial charge on any atom is -0.494 e. The number of ether oxygens (including phenoxy) is 1. The van der Waals surface area contributed by atoms with Gasteiger partial charge in [0.05, 0.1) is 21.7 Å². The van der Waals surface area contributed by atoms with E-state index in [0.717, 1.165) is 28.8 Å². The summed E-state index contributed by atoms with van der Waals surface area (Å²) in [5, 5.41) is 18.3. The van der Waals surface area contributed by atoms with Crippen molar-refractivity contribution in [2.24, 2.45) is 0 Å². The number of unbranched alkanes of at least 4 members (excludes halogenated alkanes) is 1. The van der Waals surface area contributed by atoms with E-state index in [2.05, 4.69) is 32.5 Å². The third kappa shape index (κ3) is 4.86. The lowest BCUT2D eigenvalue weighted by Gasteiger charge is -2.10. The van der Waals surface area contributed by atoms with Gasteiger partial charge in [-0.1, -0.05) is 36.8 Å². The number of para-hydroxylation sites is 1. The summed E-state index contributed by atoms with van der Waals surface area (Å²) >= 11 is 1.39. The van der Waals surface area contributed by atoms with E-state index >= 15 is 0 Å². The number of rotatable bonds is 9. The summed E-state index contributed by atoms with van der Waals surface area (Å²) in [5.41, 5.74) is 1.20. The van der Waals surface area contributed by atoms with Gasteiger partial charge in [-0.3, -0.25) is 10.1 Å². The first-order valence-corrected chi connectivity index (χ1v) is 10.6. The van der Waals surface area contributed by atoms with Gasteiger partial charge < -0.3 is 15.4 Å². The highest BCUT2D eigenvalue weighted by atomic mass is 32.1. The van der Waals surface area contributed by atoms with E-state index in [9.17, 15) is 10.1 Å². The minimum absolute atomic E-state index is 0.0704. The van der Waals surface area contributed by atoms with Crippen LogP contribution >= 0.6 is 11.3 Å². The van der Waals surface area contributed by atoms with Gasteiger partial charge in [0.15, 0.2) is 5.13 Å². The first kappa shape index (κ1) is 20.5. The van der Waals surface area contributed by atoms with E-state index in [0.29, 0.717) is 17.4 Å². The lowest BCUT2D eigenvalue weighted by atomic mass is 10.3. The Morgan fingerprint density at radius 3 is 2.52 bits per heavy atom. The molecule has 0 aliphatic carbocycles. The van der Waals surface area contributed by atoms with Crippen LogP contribution < -0.4 is 15.4 Å². The Balaban J connectivity index is 1.56.